The van der Waals surface area contributed by atoms with Crippen LogP contribution in [0.15, 0.2) is 47.1 Å². The molecule has 0 aliphatic rings. The van der Waals surface area contributed by atoms with E-state index in [2.05, 4.69) is 0 Å². The van der Waals surface area contributed by atoms with Crippen LogP contribution in [0.4, 0.5) is 4.39 Å². The van der Waals surface area contributed by atoms with Gasteiger partial charge in [-0.1, -0.05) is 6.07 Å². The van der Waals surface area contributed by atoms with Crippen molar-refractivity contribution in [3.8, 4) is 5.75 Å². The molecular formula is C13H14FNO2. The van der Waals surface area contributed by atoms with E-state index in [9.17, 15) is 4.39 Å². The Morgan fingerprint density at radius 2 is 2.12 bits per heavy atom. The Labute approximate surface area is 99.0 Å². The van der Waals surface area contributed by atoms with E-state index in [1.807, 2.05) is 6.92 Å². The van der Waals surface area contributed by atoms with Gasteiger partial charge in [-0.15, -0.1) is 0 Å². The molecule has 0 bridgehead atoms. The van der Waals surface area contributed by atoms with Gasteiger partial charge < -0.3 is 14.9 Å². The van der Waals surface area contributed by atoms with Gasteiger partial charge in [-0.2, -0.15) is 0 Å². The lowest BCUT2D eigenvalue weighted by atomic mass is 10.1. The van der Waals surface area contributed by atoms with Crippen LogP contribution in [0.2, 0.25) is 0 Å². The van der Waals surface area contributed by atoms with Gasteiger partial charge in [0.25, 0.3) is 0 Å². The minimum absolute atomic E-state index is 0.260. The van der Waals surface area contributed by atoms with Crippen LogP contribution in [0.25, 0.3) is 0 Å². The molecule has 0 radical (unpaired) electrons. The summed E-state index contributed by atoms with van der Waals surface area (Å²) in [5.74, 6) is 0.721. The predicted molar refractivity (Wildman–Crippen MR) is 62.1 cm³/mol. The van der Waals surface area contributed by atoms with E-state index in [0.29, 0.717) is 11.5 Å². The smallest absolute Gasteiger partial charge is 0.171 e. The van der Waals surface area contributed by atoms with Crippen molar-refractivity contribution in [2.45, 2.75) is 19.1 Å². The third-order valence-electron chi connectivity index (χ3n) is 2.36. The van der Waals surface area contributed by atoms with E-state index in [1.165, 1.54) is 12.1 Å². The first-order valence-corrected chi connectivity index (χ1v) is 5.38. The molecule has 17 heavy (non-hydrogen) atoms. The third-order valence-corrected chi connectivity index (χ3v) is 2.36. The lowest BCUT2D eigenvalue weighted by molar-refractivity contribution is 0.152. The van der Waals surface area contributed by atoms with E-state index >= 15 is 0 Å². The number of halogens is 1. The SMILES string of the molecule is CC(N)C(Oc1cccc(F)c1)c1ccco1. The molecule has 3 nitrogen and oxygen atoms in total. The van der Waals surface area contributed by atoms with E-state index in [4.69, 9.17) is 14.9 Å². The van der Waals surface area contributed by atoms with Gasteiger partial charge in [0.2, 0.25) is 0 Å². The molecule has 2 N–H and O–H groups in total. The normalized spacial score (nSPS) is 14.3. The highest BCUT2D eigenvalue weighted by Gasteiger charge is 2.21. The van der Waals surface area contributed by atoms with Gasteiger partial charge >= 0.3 is 0 Å². The molecule has 0 fully saturated rings. The zero-order valence-corrected chi connectivity index (χ0v) is 9.47. The number of hydrogen-bond donors (Lipinski definition) is 1. The fourth-order valence-corrected chi connectivity index (χ4v) is 1.56. The number of ether oxygens (including phenoxy) is 1. The van der Waals surface area contributed by atoms with Gasteiger partial charge in [0.15, 0.2) is 6.10 Å². The van der Waals surface area contributed by atoms with Crippen molar-refractivity contribution in [2.24, 2.45) is 5.73 Å². The lowest BCUT2D eigenvalue weighted by Crippen LogP contribution is -2.28. The molecule has 2 aromatic rings. The van der Waals surface area contributed by atoms with Crippen molar-refractivity contribution in [3.63, 3.8) is 0 Å². The Kier molecular flexibility index (Phi) is 3.44. The first-order chi connectivity index (χ1) is 8.16. The quantitative estimate of drug-likeness (QED) is 0.886. The molecule has 2 atom stereocenters. The second-order valence-corrected chi connectivity index (χ2v) is 3.87. The van der Waals surface area contributed by atoms with Crippen molar-refractivity contribution in [3.05, 3.63) is 54.2 Å². The van der Waals surface area contributed by atoms with Crippen LogP contribution in [0.1, 0.15) is 18.8 Å². The molecule has 2 unspecified atom stereocenters. The van der Waals surface area contributed by atoms with Crippen LogP contribution in [0.3, 0.4) is 0 Å². The minimum Gasteiger partial charge on any atom is -0.481 e. The first-order valence-electron chi connectivity index (χ1n) is 5.38. The van der Waals surface area contributed by atoms with E-state index < -0.39 is 6.10 Å². The standard InChI is InChI=1S/C13H14FNO2/c1-9(15)13(12-6-3-7-16-12)17-11-5-2-4-10(14)8-11/h2-9,13H,15H2,1H3. The van der Waals surface area contributed by atoms with Crippen LogP contribution < -0.4 is 10.5 Å². The van der Waals surface area contributed by atoms with E-state index in [0.717, 1.165) is 0 Å². The number of furan rings is 1. The van der Waals surface area contributed by atoms with Gasteiger partial charge in [-0.05, 0) is 31.2 Å². The molecule has 0 spiro atoms. The summed E-state index contributed by atoms with van der Waals surface area (Å²) in [6.45, 7) is 1.81. The summed E-state index contributed by atoms with van der Waals surface area (Å²) in [6, 6.07) is 9.24. The Hall–Kier alpha value is -1.81. The molecule has 1 heterocycles. The van der Waals surface area contributed by atoms with Crippen molar-refractivity contribution in [2.75, 3.05) is 0 Å². The van der Waals surface area contributed by atoms with Crippen molar-refractivity contribution in [1.82, 2.24) is 0 Å². The summed E-state index contributed by atoms with van der Waals surface area (Å²) in [4.78, 5) is 0. The van der Waals surface area contributed by atoms with Crippen molar-refractivity contribution in [1.29, 1.82) is 0 Å². The van der Waals surface area contributed by atoms with E-state index in [-0.39, 0.29) is 11.9 Å². The topological polar surface area (TPSA) is 48.4 Å². The molecule has 1 aromatic carbocycles. The first kappa shape index (κ1) is 11.7. The maximum atomic E-state index is 13.0. The van der Waals surface area contributed by atoms with Crippen LogP contribution in [-0.2, 0) is 0 Å². The van der Waals surface area contributed by atoms with Crippen LogP contribution in [0, 0.1) is 5.82 Å². The fraction of sp³-hybridized carbons (Fsp3) is 0.231. The Bertz CT molecular complexity index is 468. The molecular weight excluding hydrogens is 221 g/mol. The highest BCUT2D eigenvalue weighted by atomic mass is 19.1. The molecule has 2 rings (SSSR count). The maximum Gasteiger partial charge on any atom is 0.171 e. The van der Waals surface area contributed by atoms with Crippen molar-refractivity contribution >= 4 is 0 Å². The average molecular weight is 235 g/mol. The summed E-state index contributed by atoms with van der Waals surface area (Å²) in [5, 5.41) is 0. The van der Waals surface area contributed by atoms with Crippen LogP contribution in [-0.4, -0.2) is 6.04 Å². The summed E-state index contributed by atoms with van der Waals surface area (Å²) in [5.41, 5.74) is 5.84. The zero-order chi connectivity index (χ0) is 12.3. The maximum absolute atomic E-state index is 13.0. The molecule has 0 saturated carbocycles. The minimum atomic E-state index is -0.424. The van der Waals surface area contributed by atoms with Gasteiger partial charge in [0.05, 0.1) is 6.26 Å². The monoisotopic (exact) mass is 235 g/mol. The number of nitrogens with two attached hydrogens (primary N) is 1. The molecule has 0 saturated heterocycles. The summed E-state index contributed by atoms with van der Waals surface area (Å²) in [6.07, 6.45) is 1.13. The second-order valence-electron chi connectivity index (χ2n) is 3.87. The molecule has 0 amide bonds. The van der Waals surface area contributed by atoms with Gasteiger partial charge in [-0.25, -0.2) is 4.39 Å². The number of rotatable bonds is 4. The summed E-state index contributed by atoms with van der Waals surface area (Å²) >= 11 is 0. The van der Waals surface area contributed by atoms with Crippen LogP contribution >= 0.6 is 0 Å². The Morgan fingerprint density at radius 3 is 2.71 bits per heavy atom. The molecule has 0 aliphatic carbocycles. The van der Waals surface area contributed by atoms with Gasteiger partial charge in [0, 0.05) is 12.1 Å². The predicted octanol–water partition coefficient (Wildman–Crippen LogP) is 2.89. The zero-order valence-electron chi connectivity index (χ0n) is 9.47. The average Bonchev–Trinajstić information content (AvgIpc) is 2.78. The second kappa shape index (κ2) is 5.01. The van der Waals surface area contributed by atoms with Crippen LogP contribution in [0.5, 0.6) is 5.75 Å². The number of hydrogen-bond acceptors (Lipinski definition) is 3. The van der Waals surface area contributed by atoms with Gasteiger partial charge in [0.1, 0.15) is 17.3 Å². The van der Waals surface area contributed by atoms with E-state index in [1.54, 1.807) is 30.5 Å². The largest absolute Gasteiger partial charge is 0.481 e. The number of benzene rings is 1. The third kappa shape index (κ3) is 2.85. The van der Waals surface area contributed by atoms with Gasteiger partial charge in [-0.3, -0.25) is 0 Å². The molecule has 0 aliphatic heterocycles. The highest BCUT2D eigenvalue weighted by Crippen LogP contribution is 2.24. The molecule has 4 heteroatoms. The Balaban J connectivity index is 2.19. The fourth-order valence-electron chi connectivity index (χ4n) is 1.56. The highest BCUT2D eigenvalue weighted by molar-refractivity contribution is 5.23. The molecule has 1 aromatic heterocycles. The Morgan fingerprint density at radius 1 is 1.29 bits per heavy atom. The summed E-state index contributed by atoms with van der Waals surface area (Å²) < 4.78 is 23.9. The summed E-state index contributed by atoms with van der Waals surface area (Å²) in [7, 11) is 0. The molecule has 90 valence electrons. The van der Waals surface area contributed by atoms with Crippen molar-refractivity contribution < 1.29 is 13.5 Å². The lowest BCUT2D eigenvalue weighted by Gasteiger charge is -2.20.